The molecule has 0 aromatic heterocycles. The summed E-state index contributed by atoms with van der Waals surface area (Å²) in [6.07, 6.45) is -5.14. The Morgan fingerprint density at radius 1 is 1.32 bits per heavy atom. The predicted molar refractivity (Wildman–Crippen MR) is 54.8 cm³/mol. The molecule has 0 spiro atoms. The number of carbonyl (C=O) groups is 1. The summed E-state index contributed by atoms with van der Waals surface area (Å²) in [5.74, 6) is -2.92. The lowest BCUT2D eigenvalue weighted by molar-refractivity contribution is -0.275. The number of carbonyl (C=O) groups excluding carboxylic acids is 1. The Bertz CT molecular complexity index is 487. The van der Waals surface area contributed by atoms with Gasteiger partial charge in [0, 0.05) is 11.1 Å². The molecule has 3 nitrogen and oxygen atoms in total. The first kappa shape index (κ1) is 15.5. The molecule has 9 heteroatoms. The summed E-state index contributed by atoms with van der Waals surface area (Å²) in [5, 5.41) is -0.286. The van der Waals surface area contributed by atoms with E-state index < -0.39 is 35.8 Å². The maximum absolute atomic E-state index is 12.2. The van der Waals surface area contributed by atoms with Crippen molar-refractivity contribution in [2.45, 2.75) is 19.9 Å². The number of benzene rings is 1. The lowest BCUT2D eigenvalue weighted by Crippen LogP contribution is -2.19. The van der Waals surface area contributed by atoms with Gasteiger partial charge in [0.15, 0.2) is 17.3 Å². The van der Waals surface area contributed by atoms with E-state index in [9.17, 15) is 26.7 Å². The van der Waals surface area contributed by atoms with Gasteiger partial charge in [-0.1, -0.05) is 11.6 Å². The van der Waals surface area contributed by atoms with Crippen LogP contribution in [0.4, 0.5) is 22.0 Å². The van der Waals surface area contributed by atoms with Gasteiger partial charge in [0.25, 0.3) is 0 Å². The van der Waals surface area contributed by atoms with E-state index in [1.807, 2.05) is 0 Å². The zero-order valence-corrected chi connectivity index (χ0v) is 9.98. The van der Waals surface area contributed by atoms with Crippen LogP contribution in [0.25, 0.3) is 0 Å². The quantitative estimate of drug-likeness (QED) is 0.622. The summed E-state index contributed by atoms with van der Waals surface area (Å²) < 4.78 is 68.1. The monoisotopic (exact) mass is 304 g/mol. The Morgan fingerprint density at radius 3 is 2.32 bits per heavy atom. The van der Waals surface area contributed by atoms with E-state index >= 15 is 0 Å². The molecular formula is C10H6ClF5O3. The summed E-state index contributed by atoms with van der Waals surface area (Å²) in [6.45, 7) is -2.46. The molecule has 106 valence electrons. The van der Waals surface area contributed by atoms with Crippen LogP contribution >= 0.6 is 11.6 Å². The van der Waals surface area contributed by atoms with Crippen molar-refractivity contribution in [2.75, 3.05) is 0 Å². The number of ether oxygens (including phenoxy) is 2. The van der Waals surface area contributed by atoms with Crippen molar-refractivity contribution < 1.29 is 36.2 Å². The summed E-state index contributed by atoms with van der Waals surface area (Å²) in [7, 11) is 0. The standard InChI is InChI=1S/C10H6ClF5O3/c1-4(17)6-2-5(11)3-7(19-10(14,15)16)8(6)18-9(12)13/h2-3,9H,1H3. The van der Waals surface area contributed by atoms with E-state index in [4.69, 9.17) is 11.6 Å². The molecule has 0 saturated carbocycles. The van der Waals surface area contributed by atoms with Crippen molar-refractivity contribution in [3.63, 3.8) is 0 Å². The highest BCUT2D eigenvalue weighted by molar-refractivity contribution is 6.31. The van der Waals surface area contributed by atoms with Crippen LogP contribution in [-0.4, -0.2) is 18.8 Å². The summed E-state index contributed by atoms with van der Waals surface area (Å²) >= 11 is 5.49. The third kappa shape index (κ3) is 4.55. The first-order valence-electron chi connectivity index (χ1n) is 4.65. The average Bonchev–Trinajstić information content (AvgIpc) is 2.18. The second-order valence-corrected chi connectivity index (χ2v) is 3.70. The minimum Gasteiger partial charge on any atom is -0.430 e. The first-order chi connectivity index (χ1) is 8.60. The maximum Gasteiger partial charge on any atom is 0.573 e. The molecule has 0 fully saturated rings. The fourth-order valence-electron chi connectivity index (χ4n) is 1.24. The lowest BCUT2D eigenvalue weighted by Gasteiger charge is -2.16. The van der Waals surface area contributed by atoms with Crippen LogP contribution < -0.4 is 9.47 Å². The van der Waals surface area contributed by atoms with E-state index in [1.54, 1.807) is 0 Å². The zero-order valence-electron chi connectivity index (χ0n) is 9.22. The lowest BCUT2D eigenvalue weighted by atomic mass is 10.1. The molecule has 0 unspecified atom stereocenters. The molecule has 0 aliphatic carbocycles. The molecule has 0 aliphatic heterocycles. The number of alkyl halides is 5. The molecule has 0 atom stereocenters. The highest BCUT2D eigenvalue weighted by atomic mass is 35.5. The Kier molecular flexibility index (Phi) is 4.56. The van der Waals surface area contributed by atoms with Gasteiger partial charge in [0.05, 0.1) is 5.56 Å². The second-order valence-electron chi connectivity index (χ2n) is 3.26. The molecule has 0 N–H and O–H groups in total. The molecule has 0 heterocycles. The summed E-state index contributed by atoms with van der Waals surface area (Å²) in [6, 6.07) is 1.53. The van der Waals surface area contributed by atoms with Crippen LogP contribution in [0, 0.1) is 0 Å². The van der Waals surface area contributed by atoms with Crippen molar-refractivity contribution in [3.8, 4) is 11.5 Å². The third-order valence-corrected chi connectivity index (χ3v) is 2.05. The SMILES string of the molecule is CC(=O)c1cc(Cl)cc(OC(F)(F)F)c1OC(F)F. The van der Waals surface area contributed by atoms with Crippen LogP contribution in [0.3, 0.4) is 0 Å². The molecule has 0 bridgehead atoms. The van der Waals surface area contributed by atoms with E-state index in [2.05, 4.69) is 9.47 Å². The molecule has 0 saturated heterocycles. The Hall–Kier alpha value is -1.57. The average molecular weight is 305 g/mol. The number of ketones is 1. The van der Waals surface area contributed by atoms with Crippen molar-refractivity contribution in [2.24, 2.45) is 0 Å². The highest BCUT2D eigenvalue weighted by Crippen LogP contribution is 2.39. The van der Waals surface area contributed by atoms with Crippen molar-refractivity contribution in [1.82, 2.24) is 0 Å². The molecule has 1 rings (SSSR count). The topological polar surface area (TPSA) is 35.5 Å². The van der Waals surface area contributed by atoms with Gasteiger partial charge in [-0.25, -0.2) is 0 Å². The number of Topliss-reactive ketones (excluding diaryl/α,β-unsaturated/α-hetero) is 1. The Morgan fingerprint density at radius 2 is 1.89 bits per heavy atom. The zero-order chi connectivity index (χ0) is 14.8. The van der Waals surface area contributed by atoms with Crippen LogP contribution in [0.2, 0.25) is 5.02 Å². The van der Waals surface area contributed by atoms with Crippen LogP contribution in [0.1, 0.15) is 17.3 Å². The normalized spacial score (nSPS) is 11.6. The van der Waals surface area contributed by atoms with Gasteiger partial charge >= 0.3 is 13.0 Å². The van der Waals surface area contributed by atoms with Gasteiger partial charge in [0.1, 0.15) is 0 Å². The van der Waals surface area contributed by atoms with Crippen molar-refractivity contribution in [1.29, 1.82) is 0 Å². The predicted octanol–water partition coefficient (Wildman–Crippen LogP) is 4.04. The van der Waals surface area contributed by atoms with E-state index in [0.717, 1.165) is 13.0 Å². The summed E-state index contributed by atoms with van der Waals surface area (Å²) in [5.41, 5.74) is -0.535. The molecule has 0 aliphatic rings. The van der Waals surface area contributed by atoms with E-state index in [1.165, 1.54) is 0 Å². The highest BCUT2D eigenvalue weighted by Gasteiger charge is 2.34. The summed E-state index contributed by atoms with van der Waals surface area (Å²) in [4.78, 5) is 11.2. The van der Waals surface area contributed by atoms with Gasteiger partial charge in [-0.05, 0) is 13.0 Å². The Balaban J connectivity index is 3.37. The minimum absolute atomic E-state index is 0.286. The molecule has 1 aromatic carbocycles. The smallest absolute Gasteiger partial charge is 0.430 e. The Labute approximate surface area is 108 Å². The molecule has 0 radical (unpaired) electrons. The number of hydrogen-bond acceptors (Lipinski definition) is 3. The maximum atomic E-state index is 12.2. The van der Waals surface area contributed by atoms with Gasteiger partial charge in [-0.3, -0.25) is 4.79 Å². The minimum atomic E-state index is -5.14. The van der Waals surface area contributed by atoms with Gasteiger partial charge in [-0.15, -0.1) is 13.2 Å². The molecule has 0 amide bonds. The molecule has 1 aromatic rings. The molecular weight excluding hydrogens is 299 g/mol. The van der Waals surface area contributed by atoms with Crippen LogP contribution in [0.15, 0.2) is 12.1 Å². The fraction of sp³-hybridized carbons (Fsp3) is 0.300. The van der Waals surface area contributed by atoms with E-state index in [-0.39, 0.29) is 5.02 Å². The third-order valence-electron chi connectivity index (χ3n) is 1.83. The number of hydrogen-bond donors (Lipinski definition) is 0. The van der Waals surface area contributed by atoms with E-state index in [0.29, 0.717) is 6.07 Å². The van der Waals surface area contributed by atoms with Gasteiger partial charge in [-0.2, -0.15) is 8.78 Å². The molecule has 19 heavy (non-hydrogen) atoms. The number of halogens is 6. The van der Waals surface area contributed by atoms with Gasteiger partial charge in [0.2, 0.25) is 0 Å². The first-order valence-corrected chi connectivity index (χ1v) is 5.03. The van der Waals surface area contributed by atoms with Gasteiger partial charge < -0.3 is 9.47 Å². The van der Waals surface area contributed by atoms with Crippen LogP contribution in [-0.2, 0) is 0 Å². The van der Waals surface area contributed by atoms with Crippen molar-refractivity contribution in [3.05, 3.63) is 22.7 Å². The largest absolute Gasteiger partial charge is 0.573 e. The van der Waals surface area contributed by atoms with Crippen molar-refractivity contribution >= 4 is 17.4 Å². The van der Waals surface area contributed by atoms with Crippen LogP contribution in [0.5, 0.6) is 11.5 Å². The second kappa shape index (κ2) is 5.60. The number of rotatable bonds is 4. The fourth-order valence-corrected chi connectivity index (χ4v) is 1.45.